The van der Waals surface area contributed by atoms with E-state index in [2.05, 4.69) is 74.1 Å². The van der Waals surface area contributed by atoms with Gasteiger partial charge in [0.25, 0.3) is 0 Å². The van der Waals surface area contributed by atoms with E-state index in [1.54, 1.807) is 0 Å². The molecule has 0 amide bonds. The standard InChI is InChI=1S/C14H22BrNS/c1-6-16-10(2)12-9-11(15)7-8-13(12)17-14(3,4)5/h7-10,16H,6H2,1-5H3. The molecule has 1 atom stereocenters. The van der Waals surface area contributed by atoms with Crippen LogP contribution >= 0.6 is 27.7 Å². The fourth-order valence-corrected chi connectivity index (χ4v) is 3.22. The van der Waals surface area contributed by atoms with Crippen LogP contribution in [0.5, 0.6) is 0 Å². The van der Waals surface area contributed by atoms with Crippen LogP contribution in [0, 0.1) is 0 Å². The second kappa shape index (κ2) is 6.26. The van der Waals surface area contributed by atoms with E-state index in [-0.39, 0.29) is 4.75 Å². The molecule has 0 aliphatic heterocycles. The van der Waals surface area contributed by atoms with E-state index >= 15 is 0 Å². The van der Waals surface area contributed by atoms with Crippen LogP contribution in [0.15, 0.2) is 27.6 Å². The fraction of sp³-hybridized carbons (Fsp3) is 0.571. The molecule has 96 valence electrons. The lowest BCUT2D eigenvalue weighted by molar-refractivity contribution is 0.589. The molecule has 0 saturated heterocycles. The zero-order valence-electron chi connectivity index (χ0n) is 11.3. The number of benzene rings is 1. The summed E-state index contributed by atoms with van der Waals surface area (Å²) in [6, 6.07) is 6.95. The van der Waals surface area contributed by atoms with Crippen molar-refractivity contribution in [3.8, 4) is 0 Å². The van der Waals surface area contributed by atoms with Crippen molar-refractivity contribution in [2.24, 2.45) is 0 Å². The molecule has 0 bridgehead atoms. The maximum Gasteiger partial charge on any atom is 0.0303 e. The summed E-state index contributed by atoms with van der Waals surface area (Å²) in [5.41, 5.74) is 1.38. The molecule has 0 heterocycles. The van der Waals surface area contributed by atoms with E-state index in [0.717, 1.165) is 11.0 Å². The van der Waals surface area contributed by atoms with E-state index in [0.29, 0.717) is 6.04 Å². The molecule has 1 nitrogen and oxygen atoms in total. The molecule has 0 aliphatic carbocycles. The van der Waals surface area contributed by atoms with Gasteiger partial charge in [-0.3, -0.25) is 0 Å². The highest BCUT2D eigenvalue weighted by Crippen LogP contribution is 2.37. The largest absolute Gasteiger partial charge is 0.310 e. The maximum atomic E-state index is 3.56. The highest BCUT2D eigenvalue weighted by atomic mass is 79.9. The molecule has 0 fully saturated rings. The van der Waals surface area contributed by atoms with Gasteiger partial charge < -0.3 is 5.32 Å². The highest BCUT2D eigenvalue weighted by Gasteiger charge is 2.17. The molecule has 0 aliphatic rings. The van der Waals surface area contributed by atoms with Crippen LogP contribution < -0.4 is 5.32 Å². The smallest absolute Gasteiger partial charge is 0.0303 e. The maximum absolute atomic E-state index is 3.56. The van der Waals surface area contributed by atoms with Gasteiger partial charge in [-0.25, -0.2) is 0 Å². The van der Waals surface area contributed by atoms with Crippen LogP contribution in [0.1, 0.15) is 46.2 Å². The summed E-state index contributed by atoms with van der Waals surface area (Å²) in [6.45, 7) is 12.1. The summed E-state index contributed by atoms with van der Waals surface area (Å²) >= 11 is 5.49. The Morgan fingerprint density at radius 1 is 1.35 bits per heavy atom. The minimum Gasteiger partial charge on any atom is -0.310 e. The topological polar surface area (TPSA) is 12.0 Å². The fourth-order valence-electron chi connectivity index (χ4n) is 1.70. The SMILES string of the molecule is CCNC(C)c1cc(Br)ccc1SC(C)(C)C. The third-order valence-corrected chi connectivity index (χ3v) is 4.06. The van der Waals surface area contributed by atoms with Crippen molar-refractivity contribution in [2.75, 3.05) is 6.54 Å². The van der Waals surface area contributed by atoms with Crippen molar-refractivity contribution >= 4 is 27.7 Å². The van der Waals surface area contributed by atoms with Crippen LogP contribution in [-0.4, -0.2) is 11.3 Å². The van der Waals surface area contributed by atoms with Crippen molar-refractivity contribution in [3.05, 3.63) is 28.2 Å². The summed E-state index contributed by atoms with van der Waals surface area (Å²) in [6.07, 6.45) is 0. The third kappa shape index (κ3) is 5.02. The lowest BCUT2D eigenvalue weighted by Crippen LogP contribution is -2.19. The third-order valence-electron chi connectivity index (χ3n) is 2.36. The Kier molecular flexibility index (Phi) is 5.55. The summed E-state index contributed by atoms with van der Waals surface area (Å²) in [5.74, 6) is 0. The summed E-state index contributed by atoms with van der Waals surface area (Å²) in [5, 5.41) is 3.48. The Labute approximate surface area is 118 Å². The van der Waals surface area contributed by atoms with Crippen molar-refractivity contribution in [2.45, 2.75) is 50.3 Å². The lowest BCUT2D eigenvalue weighted by atomic mass is 10.1. The first-order valence-electron chi connectivity index (χ1n) is 6.05. The number of nitrogens with one attached hydrogen (secondary N) is 1. The Bertz CT molecular complexity index is 371. The minimum atomic E-state index is 0.245. The Morgan fingerprint density at radius 2 is 2.00 bits per heavy atom. The van der Waals surface area contributed by atoms with Gasteiger partial charge in [0, 0.05) is 20.2 Å². The molecule has 17 heavy (non-hydrogen) atoms. The van der Waals surface area contributed by atoms with Gasteiger partial charge in [-0.1, -0.05) is 43.6 Å². The van der Waals surface area contributed by atoms with Crippen molar-refractivity contribution < 1.29 is 0 Å². The Morgan fingerprint density at radius 3 is 2.53 bits per heavy atom. The van der Waals surface area contributed by atoms with Crippen LogP contribution in [0.25, 0.3) is 0 Å². The zero-order chi connectivity index (χ0) is 13.1. The molecule has 1 rings (SSSR count). The lowest BCUT2D eigenvalue weighted by Gasteiger charge is -2.23. The number of thioether (sulfide) groups is 1. The van der Waals surface area contributed by atoms with Crippen molar-refractivity contribution in [1.29, 1.82) is 0 Å². The minimum absolute atomic E-state index is 0.245. The molecular weight excluding hydrogens is 294 g/mol. The van der Waals surface area contributed by atoms with Crippen LogP contribution in [0.3, 0.4) is 0 Å². The number of hydrogen-bond donors (Lipinski definition) is 1. The average molecular weight is 316 g/mol. The van der Waals surface area contributed by atoms with Crippen molar-refractivity contribution in [3.63, 3.8) is 0 Å². The van der Waals surface area contributed by atoms with Crippen LogP contribution in [-0.2, 0) is 0 Å². The van der Waals surface area contributed by atoms with Gasteiger partial charge in [0.05, 0.1) is 0 Å². The molecule has 0 saturated carbocycles. The Hall–Kier alpha value is 0.01000. The van der Waals surface area contributed by atoms with E-state index in [4.69, 9.17) is 0 Å². The molecule has 1 unspecified atom stereocenters. The summed E-state index contributed by atoms with van der Waals surface area (Å²) in [7, 11) is 0. The van der Waals surface area contributed by atoms with E-state index < -0.39 is 0 Å². The highest BCUT2D eigenvalue weighted by molar-refractivity contribution is 9.10. The second-order valence-electron chi connectivity index (χ2n) is 5.18. The molecular formula is C14H22BrNS. The average Bonchev–Trinajstić information content (AvgIpc) is 2.19. The zero-order valence-corrected chi connectivity index (χ0v) is 13.7. The van der Waals surface area contributed by atoms with Gasteiger partial charge in [0.15, 0.2) is 0 Å². The van der Waals surface area contributed by atoms with E-state index in [1.165, 1.54) is 10.5 Å². The predicted molar refractivity (Wildman–Crippen MR) is 81.8 cm³/mol. The van der Waals surface area contributed by atoms with Gasteiger partial charge in [-0.05, 0) is 37.2 Å². The van der Waals surface area contributed by atoms with E-state index in [9.17, 15) is 0 Å². The van der Waals surface area contributed by atoms with Gasteiger partial charge in [-0.2, -0.15) is 0 Å². The Balaban J connectivity index is 3.03. The van der Waals surface area contributed by atoms with Gasteiger partial charge in [0.1, 0.15) is 0 Å². The molecule has 1 aromatic rings. The summed E-state index contributed by atoms with van der Waals surface area (Å²) < 4.78 is 1.39. The van der Waals surface area contributed by atoms with Crippen LogP contribution in [0.4, 0.5) is 0 Å². The molecule has 0 aromatic heterocycles. The quantitative estimate of drug-likeness (QED) is 0.784. The predicted octanol–water partition coefficient (Wildman–Crippen LogP) is 5.01. The van der Waals surface area contributed by atoms with Crippen molar-refractivity contribution in [1.82, 2.24) is 5.32 Å². The monoisotopic (exact) mass is 315 g/mol. The first kappa shape index (κ1) is 15.1. The second-order valence-corrected chi connectivity index (χ2v) is 7.96. The van der Waals surface area contributed by atoms with E-state index in [1.807, 2.05) is 11.8 Å². The first-order valence-corrected chi connectivity index (χ1v) is 7.66. The van der Waals surface area contributed by atoms with Gasteiger partial charge in [-0.15, -0.1) is 11.8 Å². The molecule has 0 radical (unpaired) electrons. The summed E-state index contributed by atoms with van der Waals surface area (Å²) in [4.78, 5) is 1.37. The molecule has 0 spiro atoms. The number of hydrogen-bond acceptors (Lipinski definition) is 2. The molecule has 1 aromatic carbocycles. The van der Waals surface area contributed by atoms with Crippen LogP contribution in [0.2, 0.25) is 0 Å². The molecule has 3 heteroatoms. The number of halogens is 1. The van der Waals surface area contributed by atoms with Gasteiger partial charge >= 0.3 is 0 Å². The number of rotatable bonds is 4. The van der Waals surface area contributed by atoms with Gasteiger partial charge in [0.2, 0.25) is 0 Å². The first-order chi connectivity index (χ1) is 7.83. The normalized spacial score (nSPS) is 13.8. The molecule has 1 N–H and O–H groups in total.